The number of nitrogens with zero attached hydrogens (tertiary/aromatic N) is 2. The van der Waals surface area contributed by atoms with Gasteiger partial charge in [-0.25, -0.2) is 5.06 Å². The Labute approximate surface area is 158 Å². The average Bonchev–Trinajstić information content (AvgIpc) is 2.92. The van der Waals surface area contributed by atoms with Crippen LogP contribution in [-0.2, 0) is 9.63 Å². The summed E-state index contributed by atoms with van der Waals surface area (Å²) in [5.41, 5.74) is 2.35. The molecular formula is C19H22Cl2N2O2. The van der Waals surface area contributed by atoms with Crippen LogP contribution in [-0.4, -0.2) is 48.7 Å². The first-order valence-corrected chi connectivity index (χ1v) is 9.48. The molecule has 4 heterocycles. The normalized spacial score (nSPS) is 34.6. The second-order valence-corrected chi connectivity index (χ2v) is 8.06. The van der Waals surface area contributed by atoms with Crippen LogP contribution >= 0.6 is 23.2 Å². The lowest BCUT2D eigenvalue weighted by Gasteiger charge is -2.51. The Hall–Kier alpha value is -1.07. The zero-order chi connectivity index (χ0) is 17.7. The van der Waals surface area contributed by atoms with Gasteiger partial charge in [0.1, 0.15) is 0 Å². The molecule has 4 fully saturated rings. The average molecular weight is 381 g/mol. The molecule has 1 unspecified atom stereocenters. The highest BCUT2D eigenvalue weighted by Gasteiger charge is 2.55. The quantitative estimate of drug-likeness (QED) is 0.745. The van der Waals surface area contributed by atoms with Gasteiger partial charge in [-0.2, -0.15) is 0 Å². The number of rotatable bonds is 3. The van der Waals surface area contributed by atoms with Crippen molar-refractivity contribution >= 4 is 35.2 Å². The molecule has 1 aromatic carbocycles. The lowest BCUT2D eigenvalue weighted by atomic mass is 9.70. The van der Waals surface area contributed by atoms with E-state index in [1.54, 1.807) is 14.2 Å². The lowest BCUT2D eigenvalue weighted by molar-refractivity contribution is -0.180. The molecule has 4 nitrogen and oxygen atoms in total. The van der Waals surface area contributed by atoms with Crippen LogP contribution in [0, 0.1) is 11.8 Å². The maximum absolute atomic E-state index is 12.9. The minimum Gasteiger partial charge on any atom is -0.293 e. The van der Waals surface area contributed by atoms with Crippen molar-refractivity contribution in [3.8, 4) is 0 Å². The Morgan fingerprint density at radius 3 is 2.84 bits per heavy atom. The monoisotopic (exact) mass is 380 g/mol. The number of hydrogen-bond donors (Lipinski definition) is 0. The number of fused-ring (bicyclic) bond motifs is 1. The highest BCUT2D eigenvalue weighted by Crippen LogP contribution is 2.51. The zero-order valence-corrected chi connectivity index (χ0v) is 15.9. The van der Waals surface area contributed by atoms with Crippen LogP contribution < -0.4 is 0 Å². The molecule has 0 N–H and O–H groups in total. The van der Waals surface area contributed by atoms with E-state index in [0.29, 0.717) is 22.1 Å². The van der Waals surface area contributed by atoms with Crippen LogP contribution in [0.25, 0.3) is 6.08 Å². The molecule has 6 heteroatoms. The number of halogens is 2. The van der Waals surface area contributed by atoms with Crippen molar-refractivity contribution in [3.05, 3.63) is 39.4 Å². The molecule has 4 bridgehead atoms. The van der Waals surface area contributed by atoms with Crippen molar-refractivity contribution in [1.29, 1.82) is 0 Å². The van der Waals surface area contributed by atoms with Crippen molar-refractivity contribution in [2.45, 2.75) is 31.3 Å². The summed E-state index contributed by atoms with van der Waals surface area (Å²) in [5.74, 6) is 0.344. The van der Waals surface area contributed by atoms with Gasteiger partial charge in [-0.05, 0) is 42.9 Å². The number of carbonyl (C=O) groups is 1. The predicted molar refractivity (Wildman–Crippen MR) is 99.3 cm³/mol. The van der Waals surface area contributed by atoms with Gasteiger partial charge in [0.25, 0.3) is 5.91 Å². The maximum atomic E-state index is 12.9. The number of hydrogen-bond acceptors (Lipinski definition) is 3. The number of benzene rings is 1. The Morgan fingerprint density at radius 2 is 2.12 bits per heavy atom. The fourth-order valence-corrected chi connectivity index (χ4v) is 5.18. The van der Waals surface area contributed by atoms with Crippen LogP contribution in [0.3, 0.4) is 0 Å². The summed E-state index contributed by atoms with van der Waals surface area (Å²) in [5, 5.41) is 2.51. The summed E-state index contributed by atoms with van der Waals surface area (Å²) in [7, 11) is 3.25. The molecule has 4 aliphatic rings. The molecule has 1 amide bonds. The van der Waals surface area contributed by atoms with Gasteiger partial charge in [-0.1, -0.05) is 40.9 Å². The first-order chi connectivity index (χ1) is 12.0. The van der Waals surface area contributed by atoms with E-state index in [4.69, 9.17) is 28.0 Å². The van der Waals surface area contributed by atoms with E-state index in [1.165, 1.54) is 17.1 Å². The highest BCUT2D eigenvalue weighted by atomic mass is 35.5. The minimum absolute atomic E-state index is 0.0218. The fraction of sp³-hybridized carbons (Fsp3) is 0.526. The number of hydroxylamine groups is 2. The van der Waals surface area contributed by atoms with E-state index in [0.717, 1.165) is 24.9 Å². The van der Waals surface area contributed by atoms with Gasteiger partial charge in [0.15, 0.2) is 0 Å². The first kappa shape index (κ1) is 17.3. The third-order valence-electron chi connectivity index (χ3n) is 6.07. The first-order valence-electron chi connectivity index (χ1n) is 8.72. The molecule has 5 rings (SSSR count). The smallest absolute Gasteiger partial charge is 0.251 e. The number of piperidine rings is 3. The van der Waals surface area contributed by atoms with Gasteiger partial charge in [-0.15, -0.1) is 0 Å². The van der Waals surface area contributed by atoms with Gasteiger partial charge in [0.05, 0.1) is 23.1 Å². The summed E-state index contributed by atoms with van der Waals surface area (Å²) >= 11 is 12.2. The minimum atomic E-state index is -0.0218. The topological polar surface area (TPSA) is 32.8 Å². The molecule has 134 valence electrons. The van der Waals surface area contributed by atoms with Gasteiger partial charge in [0.2, 0.25) is 0 Å². The molecular weight excluding hydrogens is 359 g/mol. The molecule has 5 atom stereocenters. The molecule has 4 aliphatic heterocycles. The highest BCUT2D eigenvalue weighted by molar-refractivity contribution is 6.42. The molecule has 0 spiro atoms. The summed E-state index contributed by atoms with van der Waals surface area (Å²) in [6, 6.07) is 6.66. The molecule has 25 heavy (non-hydrogen) atoms. The molecule has 0 aromatic heterocycles. The maximum Gasteiger partial charge on any atom is 0.251 e. The Morgan fingerprint density at radius 1 is 1.32 bits per heavy atom. The second kappa shape index (κ2) is 6.58. The molecule has 0 aliphatic carbocycles. The van der Waals surface area contributed by atoms with Gasteiger partial charge in [-0.3, -0.25) is 14.5 Å². The fourth-order valence-electron chi connectivity index (χ4n) is 4.87. The molecule has 4 saturated heterocycles. The van der Waals surface area contributed by atoms with Gasteiger partial charge >= 0.3 is 0 Å². The van der Waals surface area contributed by atoms with E-state index in [-0.39, 0.29) is 17.7 Å². The Kier molecular flexibility index (Phi) is 4.57. The predicted octanol–water partition coefficient (Wildman–Crippen LogP) is 3.88. The number of carbonyl (C=O) groups excluding carboxylic acids is 1. The third kappa shape index (κ3) is 2.89. The van der Waals surface area contributed by atoms with Crippen molar-refractivity contribution in [1.82, 2.24) is 9.96 Å². The lowest BCUT2D eigenvalue weighted by Crippen LogP contribution is -2.59. The van der Waals surface area contributed by atoms with Crippen LogP contribution in [0.1, 0.15) is 24.8 Å². The van der Waals surface area contributed by atoms with E-state index >= 15 is 0 Å². The molecule has 0 radical (unpaired) electrons. The van der Waals surface area contributed by atoms with Crippen LogP contribution in [0.4, 0.5) is 0 Å². The SMILES string of the molecule is CON(C)C(=O)[C@H]1[C@@H]2C[C@@H]3CC[C@H]1N3C/C2=C\c1ccc(Cl)c(Cl)c1. The Balaban J connectivity index is 1.68. The van der Waals surface area contributed by atoms with E-state index in [2.05, 4.69) is 11.0 Å². The van der Waals surface area contributed by atoms with Crippen molar-refractivity contribution in [2.75, 3.05) is 20.7 Å². The van der Waals surface area contributed by atoms with Crippen LogP contribution in [0.2, 0.25) is 10.0 Å². The largest absolute Gasteiger partial charge is 0.293 e. The van der Waals surface area contributed by atoms with Gasteiger partial charge < -0.3 is 0 Å². The summed E-state index contributed by atoms with van der Waals surface area (Å²) < 4.78 is 0. The van der Waals surface area contributed by atoms with Crippen LogP contribution in [0.5, 0.6) is 0 Å². The van der Waals surface area contributed by atoms with Crippen LogP contribution in [0.15, 0.2) is 23.8 Å². The standard InChI is InChI=1S/C19H22Cl2N2O2/c1-22(25-2)19(24)18-14-9-13-4-6-17(18)23(13)10-12(14)7-11-3-5-15(20)16(21)8-11/h3,5,7-8,13-14,17-18H,4,6,9-10H2,1-2H3/b12-7+/t13-,14+,17+,18-/m0/s1. The molecule has 1 aromatic rings. The summed E-state index contributed by atoms with van der Waals surface area (Å²) in [4.78, 5) is 20.6. The van der Waals surface area contributed by atoms with Crippen molar-refractivity contribution in [2.24, 2.45) is 11.8 Å². The summed E-state index contributed by atoms with van der Waals surface area (Å²) in [6.07, 6.45) is 5.54. The second-order valence-electron chi connectivity index (χ2n) is 7.25. The molecule has 0 saturated carbocycles. The summed E-state index contributed by atoms with van der Waals surface area (Å²) in [6.45, 7) is 0.945. The number of amides is 1. The third-order valence-corrected chi connectivity index (χ3v) is 6.81. The zero-order valence-electron chi connectivity index (χ0n) is 14.4. The van der Waals surface area contributed by atoms with E-state index < -0.39 is 0 Å². The Bertz CT molecular complexity index is 736. The van der Waals surface area contributed by atoms with E-state index in [1.807, 2.05) is 18.2 Å². The van der Waals surface area contributed by atoms with Gasteiger partial charge in [0, 0.05) is 25.7 Å². The van der Waals surface area contributed by atoms with E-state index in [9.17, 15) is 4.79 Å². The van der Waals surface area contributed by atoms with Crippen molar-refractivity contribution in [3.63, 3.8) is 0 Å². The van der Waals surface area contributed by atoms with Crippen molar-refractivity contribution < 1.29 is 9.63 Å².